The first-order chi connectivity index (χ1) is 13.5. The van der Waals surface area contributed by atoms with Gasteiger partial charge in [0, 0.05) is 40.0 Å². The van der Waals surface area contributed by atoms with E-state index < -0.39 is 5.91 Å². The fourth-order valence-corrected chi connectivity index (χ4v) is 3.45. The van der Waals surface area contributed by atoms with Crippen molar-refractivity contribution in [2.45, 2.75) is 6.92 Å². The van der Waals surface area contributed by atoms with Crippen LogP contribution in [0.25, 0.3) is 28.5 Å². The molecule has 0 fully saturated rings. The molecule has 4 rings (SSSR count). The summed E-state index contributed by atoms with van der Waals surface area (Å²) in [6.07, 6.45) is 7.93. The fraction of sp³-hybridized carbons (Fsp3) is 0.0500. The Morgan fingerprint density at radius 3 is 2.61 bits per heavy atom. The average Bonchev–Trinajstić information content (AvgIpc) is 3.31. The highest BCUT2D eigenvalue weighted by Gasteiger charge is 2.13. The molecule has 1 aromatic carbocycles. The Hall–Kier alpha value is -3.65. The number of nitrogens with one attached hydrogen (secondary N) is 1. The van der Waals surface area contributed by atoms with Crippen LogP contribution in [0.4, 0.5) is 0 Å². The molecule has 7 nitrogen and oxygen atoms in total. The molecule has 1 amide bonds. The maximum Gasteiger partial charge on any atom is 0.241 e. The summed E-state index contributed by atoms with van der Waals surface area (Å²) in [7, 11) is 0. The van der Waals surface area contributed by atoms with Crippen LogP contribution in [-0.4, -0.2) is 31.6 Å². The number of thiazole rings is 1. The molecule has 0 aliphatic rings. The fourth-order valence-electron chi connectivity index (χ4n) is 2.72. The van der Waals surface area contributed by atoms with Crippen molar-refractivity contribution in [3.8, 4) is 11.3 Å². The number of benzene rings is 1. The molecule has 0 atom stereocenters. The monoisotopic (exact) mass is 389 g/mol. The predicted molar refractivity (Wildman–Crippen MR) is 108 cm³/mol. The Balaban J connectivity index is 1.65. The number of hydrogen-bond donors (Lipinski definition) is 2. The van der Waals surface area contributed by atoms with Gasteiger partial charge < -0.3 is 10.7 Å². The van der Waals surface area contributed by atoms with E-state index in [1.165, 1.54) is 17.4 Å². The maximum atomic E-state index is 12.5. The summed E-state index contributed by atoms with van der Waals surface area (Å²) in [6, 6.07) is 7.17. The Kier molecular flexibility index (Phi) is 4.54. The molecule has 0 saturated heterocycles. The first kappa shape index (κ1) is 17.7. The average molecular weight is 389 g/mol. The highest BCUT2D eigenvalue weighted by molar-refractivity contribution is 7.13. The lowest BCUT2D eigenvalue weighted by atomic mass is 10.1. The Morgan fingerprint density at radius 1 is 1.14 bits per heavy atom. The molecule has 4 aromatic rings. The maximum absolute atomic E-state index is 12.5. The molecule has 0 saturated carbocycles. The highest BCUT2D eigenvalue weighted by atomic mass is 32.1. The number of aromatic nitrogens is 4. The van der Waals surface area contributed by atoms with Crippen LogP contribution in [0, 0.1) is 6.92 Å². The van der Waals surface area contributed by atoms with E-state index >= 15 is 0 Å². The van der Waals surface area contributed by atoms with Gasteiger partial charge in [-0.1, -0.05) is 24.3 Å². The topological polar surface area (TPSA) is 115 Å². The van der Waals surface area contributed by atoms with Gasteiger partial charge in [0.2, 0.25) is 11.7 Å². The summed E-state index contributed by atoms with van der Waals surface area (Å²) in [4.78, 5) is 40.6. The van der Waals surface area contributed by atoms with Gasteiger partial charge in [0.1, 0.15) is 5.52 Å². The first-order valence-corrected chi connectivity index (χ1v) is 9.22. The second-order valence-electron chi connectivity index (χ2n) is 6.11. The van der Waals surface area contributed by atoms with Gasteiger partial charge in [-0.3, -0.25) is 9.59 Å². The lowest BCUT2D eigenvalue weighted by Gasteiger charge is -2.03. The Labute approximate surface area is 164 Å². The third-order valence-electron chi connectivity index (χ3n) is 4.10. The zero-order chi connectivity index (χ0) is 19.7. The van der Waals surface area contributed by atoms with Gasteiger partial charge >= 0.3 is 0 Å². The van der Waals surface area contributed by atoms with E-state index in [4.69, 9.17) is 5.73 Å². The number of aryl methyl sites for hydroxylation is 1. The molecule has 0 spiro atoms. The van der Waals surface area contributed by atoms with Gasteiger partial charge in [-0.2, -0.15) is 0 Å². The molecule has 3 aromatic heterocycles. The number of H-pyrrole nitrogens is 1. The predicted octanol–water partition coefficient (Wildman–Crippen LogP) is 3.12. The van der Waals surface area contributed by atoms with Crippen LogP contribution in [0.3, 0.4) is 0 Å². The molecule has 0 aliphatic heterocycles. The number of nitrogens with two attached hydrogens (primary N) is 1. The summed E-state index contributed by atoms with van der Waals surface area (Å²) in [5, 5.41) is 0.477. The van der Waals surface area contributed by atoms with E-state index in [2.05, 4.69) is 19.9 Å². The van der Waals surface area contributed by atoms with Crippen LogP contribution in [0.15, 0.2) is 48.9 Å². The van der Waals surface area contributed by atoms with E-state index in [9.17, 15) is 9.59 Å². The Morgan fingerprint density at radius 2 is 1.93 bits per heavy atom. The number of hydrogen-bond acceptors (Lipinski definition) is 6. The van der Waals surface area contributed by atoms with Gasteiger partial charge in [-0.05, 0) is 13.0 Å². The number of rotatable bonds is 5. The summed E-state index contributed by atoms with van der Waals surface area (Å²) < 4.78 is 0. The van der Waals surface area contributed by atoms with Crippen molar-refractivity contribution in [1.29, 1.82) is 0 Å². The van der Waals surface area contributed by atoms with Crippen molar-refractivity contribution in [3.63, 3.8) is 0 Å². The molecular formula is C20H15N5O2S. The number of nitrogens with zero attached hydrogens (tertiary/aromatic N) is 3. The van der Waals surface area contributed by atoms with E-state index in [0.29, 0.717) is 33.0 Å². The number of carbonyl (C=O) groups excluding carboxylic acids is 2. The van der Waals surface area contributed by atoms with E-state index in [0.717, 1.165) is 10.4 Å². The van der Waals surface area contributed by atoms with Crippen LogP contribution >= 0.6 is 11.3 Å². The molecule has 0 aliphatic carbocycles. The first-order valence-electron chi connectivity index (χ1n) is 8.40. The highest BCUT2D eigenvalue weighted by Crippen LogP contribution is 2.23. The van der Waals surface area contributed by atoms with Crippen molar-refractivity contribution < 1.29 is 9.59 Å². The van der Waals surface area contributed by atoms with Gasteiger partial charge in [-0.15, -0.1) is 11.3 Å². The molecule has 138 valence electrons. The van der Waals surface area contributed by atoms with Crippen LogP contribution in [0.1, 0.15) is 25.8 Å². The standard InChI is InChI=1S/C20H15N5O2S/c1-11-8-24-20(28-11)18(27)13-4-2-12(3-5-13)15-10-23-19-17(25-15)14(9-22-19)6-7-16(21)26/h2-10H,1H3,(H2,21,26)(H,22,23)/b7-6+. The molecule has 3 heterocycles. The van der Waals surface area contributed by atoms with Crippen molar-refractivity contribution in [2.75, 3.05) is 0 Å². The van der Waals surface area contributed by atoms with Crippen LogP contribution in [0.5, 0.6) is 0 Å². The molecular weight excluding hydrogens is 374 g/mol. The molecule has 0 radical (unpaired) electrons. The number of carbonyl (C=O) groups is 2. The zero-order valence-corrected chi connectivity index (χ0v) is 15.7. The second kappa shape index (κ2) is 7.16. The van der Waals surface area contributed by atoms with Gasteiger partial charge in [0.05, 0.1) is 11.9 Å². The van der Waals surface area contributed by atoms with Gasteiger partial charge in [-0.25, -0.2) is 15.0 Å². The summed E-state index contributed by atoms with van der Waals surface area (Å²) in [5.41, 5.74) is 9.16. The quantitative estimate of drug-likeness (QED) is 0.402. The van der Waals surface area contributed by atoms with E-state index in [1.54, 1.807) is 36.8 Å². The second-order valence-corrected chi connectivity index (χ2v) is 7.35. The molecule has 0 unspecified atom stereocenters. The van der Waals surface area contributed by atoms with Gasteiger partial charge in [0.25, 0.3) is 0 Å². The lowest BCUT2D eigenvalue weighted by molar-refractivity contribution is -0.113. The minimum Gasteiger partial charge on any atom is -0.366 e. The van der Waals surface area contributed by atoms with Gasteiger partial charge in [0.15, 0.2) is 10.7 Å². The summed E-state index contributed by atoms with van der Waals surface area (Å²) in [5.74, 6) is -0.634. The van der Waals surface area contributed by atoms with Crippen molar-refractivity contribution >= 4 is 40.3 Å². The normalized spacial score (nSPS) is 11.3. The number of primary amides is 1. The number of ketones is 1. The minimum atomic E-state index is -0.533. The van der Waals surface area contributed by atoms with Crippen LogP contribution in [-0.2, 0) is 4.79 Å². The number of aromatic amines is 1. The third kappa shape index (κ3) is 3.45. The molecule has 8 heteroatoms. The summed E-state index contributed by atoms with van der Waals surface area (Å²) >= 11 is 1.38. The molecule has 0 bridgehead atoms. The third-order valence-corrected chi connectivity index (χ3v) is 5.01. The van der Waals surface area contributed by atoms with Crippen LogP contribution in [0.2, 0.25) is 0 Å². The van der Waals surface area contributed by atoms with Crippen LogP contribution < -0.4 is 5.73 Å². The molecule has 3 N–H and O–H groups in total. The van der Waals surface area contributed by atoms with E-state index in [1.807, 2.05) is 19.1 Å². The van der Waals surface area contributed by atoms with Crippen molar-refractivity contribution in [3.05, 3.63) is 69.9 Å². The Bertz CT molecular complexity index is 1220. The number of amides is 1. The molecule has 28 heavy (non-hydrogen) atoms. The van der Waals surface area contributed by atoms with E-state index in [-0.39, 0.29) is 5.78 Å². The van der Waals surface area contributed by atoms with Crippen molar-refractivity contribution in [1.82, 2.24) is 19.9 Å². The lowest BCUT2D eigenvalue weighted by Crippen LogP contribution is -2.05. The largest absolute Gasteiger partial charge is 0.366 e. The SMILES string of the molecule is Cc1cnc(C(=O)c2ccc(-c3cnc4[nH]cc(/C=C/C(N)=O)c4n3)cc2)s1. The zero-order valence-electron chi connectivity index (χ0n) is 14.8. The summed E-state index contributed by atoms with van der Waals surface area (Å²) in [6.45, 7) is 1.92. The van der Waals surface area contributed by atoms with Crippen molar-refractivity contribution in [2.24, 2.45) is 5.73 Å². The smallest absolute Gasteiger partial charge is 0.241 e. The number of fused-ring (bicyclic) bond motifs is 1. The minimum absolute atomic E-state index is 0.101.